The Morgan fingerprint density at radius 3 is 2.56 bits per heavy atom. The van der Waals surface area contributed by atoms with Gasteiger partial charge in [0.15, 0.2) is 0 Å². The highest BCUT2D eigenvalue weighted by Crippen LogP contribution is 2.35. The Labute approximate surface area is 157 Å². The minimum atomic E-state index is -0.431. The number of aromatic nitrogens is 2. The van der Waals surface area contributed by atoms with Crippen LogP contribution in [-0.2, 0) is 12.0 Å². The van der Waals surface area contributed by atoms with Gasteiger partial charge < -0.3 is 4.42 Å². The van der Waals surface area contributed by atoms with E-state index >= 15 is 0 Å². The molecule has 0 amide bonds. The predicted octanol–water partition coefficient (Wildman–Crippen LogP) is 3.93. The van der Waals surface area contributed by atoms with Crippen molar-refractivity contribution in [3.8, 4) is 17.5 Å². The van der Waals surface area contributed by atoms with Crippen molar-refractivity contribution in [2.75, 3.05) is 13.1 Å². The van der Waals surface area contributed by atoms with Gasteiger partial charge in [-0.15, -0.1) is 10.2 Å². The van der Waals surface area contributed by atoms with E-state index in [-0.39, 0.29) is 5.82 Å². The van der Waals surface area contributed by atoms with Gasteiger partial charge >= 0.3 is 0 Å². The van der Waals surface area contributed by atoms with E-state index in [1.807, 2.05) is 30.3 Å². The second-order valence-corrected chi connectivity index (χ2v) is 6.85. The van der Waals surface area contributed by atoms with Crippen LogP contribution in [-0.4, -0.2) is 28.2 Å². The van der Waals surface area contributed by atoms with Crippen LogP contribution in [0.25, 0.3) is 11.5 Å². The molecule has 0 bridgehead atoms. The standard InChI is InChI=1S/C21H19FN4O/c22-18-8-4-5-16(13-18)20-25-24-19(27-20)14-26-11-9-21(15-23,10-12-26)17-6-2-1-3-7-17/h1-8,13H,9-12,14H2. The van der Waals surface area contributed by atoms with Crippen molar-refractivity contribution in [1.82, 2.24) is 15.1 Å². The smallest absolute Gasteiger partial charge is 0.247 e. The zero-order valence-electron chi connectivity index (χ0n) is 14.8. The highest BCUT2D eigenvalue weighted by Gasteiger charge is 2.36. The average Bonchev–Trinajstić information content (AvgIpc) is 3.18. The number of hydrogen-bond donors (Lipinski definition) is 0. The number of nitrogens with zero attached hydrogens (tertiary/aromatic N) is 4. The third kappa shape index (κ3) is 3.60. The van der Waals surface area contributed by atoms with E-state index in [1.54, 1.807) is 12.1 Å². The molecule has 1 aliphatic heterocycles. The van der Waals surface area contributed by atoms with Crippen molar-refractivity contribution in [3.05, 3.63) is 71.9 Å². The molecule has 1 aromatic heterocycles. The molecule has 27 heavy (non-hydrogen) atoms. The molecule has 0 aliphatic carbocycles. The summed E-state index contributed by atoms with van der Waals surface area (Å²) in [6.07, 6.45) is 1.52. The van der Waals surface area contributed by atoms with Crippen molar-refractivity contribution in [2.45, 2.75) is 24.8 Å². The van der Waals surface area contributed by atoms with E-state index in [0.717, 1.165) is 31.5 Å². The number of piperidine rings is 1. The summed E-state index contributed by atoms with van der Waals surface area (Å²) in [6.45, 7) is 2.08. The second-order valence-electron chi connectivity index (χ2n) is 6.85. The highest BCUT2D eigenvalue weighted by molar-refractivity contribution is 5.52. The lowest BCUT2D eigenvalue weighted by atomic mass is 9.74. The molecule has 3 aromatic rings. The van der Waals surface area contributed by atoms with Crippen molar-refractivity contribution < 1.29 is 8.81 Å². The monoisotopic (exact) mass is 362 g/mol. The van der Waals surface area contributed by atoms with Gasteiger partial charge in [-0.2, -0.15) is 5.26 Å². The Morgan fingerprint density at radius 2 is 1.85 bits per heavy atom. The van der Waals surface area contributed by atoms with Crippen LogP contribution in [0.5, 0.6) is 0 Å². The molecule has 1 fully saturated rings. The Bertz CT molecular complexity index is 956. The van der Waals surface area contributed by atoms with Crippen molar-refractivity contribution in [1.29, 1.82) is 5.26 Å². The molecule has 1 aliphatic rings. The fourth-order valence-electron chi connectivity index (χ4n) is 3.56. The second kappa shape index (κ2) is 7.29. The number of likely N-dealkylation sites (tertiary alicyclic amines) is 1. The van der Waals surface area contributed by atoms with Crippen molar-refractivity contribution in [2.24, 2.45) is 0 Å². The summed E-state index contributed by atoms with van der Waals surface area (Å²) >= 11 is 0. The van der Waals surface area contributed by atoms with Gasteiger partial charge in [0.05, 0.1) is 18.0 Å². The minimum Gasteiger partial charge on any atom is -0.419 e. The minimum absolute atomic E-state index is 0.317. The molecule has 2 aromatic carbocycles. The maximum absolute atomic E-state index is 13.4. The molecule has 136 valence electrons. The molecule has 0 N–H and O–H groups in total. The van der Waals surface area contributed by atoms with E-state index in [9.17, 15) is 9.65 Å². The average molecular weight is 362 g/mol. The third-order valence-corrected chi connectivity index (χ3v) is 5.15. The number of benzene rings is 2. The number of nitriles is 1. The summed E-state index contributed by atoms with van der Waals surface area (Å²) in [5, 5.41) is 17.9. The van der Waals surface area contributed by atoms with Crippen molar-refractivity contribution >= 4 is 0 Å². The number of halogens is 1. The fraction of sp³-hybridized carbons (Fsp3) is 0.286. The quantitative estimate of drug-likeness (QED) is 0.703. The maximum atomic E-state index is 13.4. The topological polar surface area (TPSA) is 66.0 Å². The Balaban J connectivity index is 1.42. The highest BCUT2D eigenvalue weighted by atomic mass is 19.1. The van der Waals surface area contributed by atoms with Gasteiger partial charge in [-0.1, -0.05) is 36.4 Å². The summed E-state index contributed by atoms with van der Waals surface area (Å²) in [5.74, 6) is 0.479. The lowest BCUT2D eigenvalue weighted by molar-refractivity contribution is 0.166. The summed E-state index contributed by atoms with van der Waals surface area (Å²) in [6, 6.07) is 18.6. The summed E-state index contributed by atoms with van der Waals surface area (Å²) in [5.41, 5.74) is 1.22. The zero-order valence-corrected chi connectivity index (χ0v) is 14.8. The zero-order chi connectivity index (χ0) is 18.7. The SMILES string of the molecule is N#CC1(c2ccccc2)CCN(Cc2nnc(-c3cccc(F)c3)o2)CC1. The number of hydrogen-bond acceptors (Lipinski definition) is 5. The molecule has 0 unspecified atom stereocenters. The Hall–Kier alpha value is -3.04. The largest absolute Gasteiger partial charge is 0.419 e. The van der Waals surface area contributed by atoms with Crippen LogP contribution in [0.2, 0.25) is 0 Å². The third-order valence-electron chi connectivity index (χ3n) is 5.15. The fourth-order valence-corrected chi connectivity index (χ4v) is 3.56. The summed E-state index contributed by atoms with van der Waals surface area (Å²) in [7, 11) is 0. The first-order chi connectivity index (χ1) is 13.2. The molecule has 0 atom stereocenters. The van der Waals surface area contributed by atoms with Gasteiger partial charge in [0.25, 0.3) is 0 Å². The van der Waals surface area contributed by atoms with Gasteiger partial charge in [0.2, 0.25) is 11.8 Å². The molecule has 1 saturated heterocycles. The van der Waals surface area contributed by atoms with E-state index in [0.29, 0.717) is 23.9 Å². The lowest BCUT2D eigenvalue weighted by Crippen LogP contribution is -2.41. The normalized spacial score (nSPS) is 16.7. The van der Waals surface area contributed by atoms with E-state index in [1.165, 1.54) is 12.1 Å². The molecular formula is C21H19FN4O. The molecule has 0 spiro atoms. The van der Waals surface area contributed by atoms with E-state index in [2.05, 4.69) is 21.2 Å². The Morgan fingerprint density at radius 1 is 1.07 bits per heavy atom. The van der Waals surface area contributed by atoms with Crippen molar-refractivity contribution in [3.63, 3.8) is 0 Å². The molecule has 0 saturated carbocycles. The lowest BCUT2D eigenvalue weighted by Gasteiger charge is -2.37. The summed E-state index contributed by atoms with van der Waals surface area (Å²) < 4.78 is 19.0. The first kappa shape index (κ1) is 17.4. The van der Waals surface area contributed by atoms with E-state index < -0.39 is 5.41 Å². The maximum Gasteiger partial charge on any atom is 0.247 e. The molecule has 4 rings (SSSR count). The van der Waals surface area contributed by atoms with Gasteiger partial charge in [0, 0.05) is 18.7 Å². The van der Waals surface area contributed by atoms with Crippen LogP contribution in [0.4, 0.5) is 4.39 Å². The van der Waals surface area contributed by atoms with Crippen LogP contribution >= 0.6 is 0 Å². The summed E-state index contributed by atoms with van der Waals surface area (Å²) in [4.78, 5) is 2.21. The predicted molar refractivity (Wildman–Crippen MR) is 97.9 cm³/mol. The van der Waals surface area contributed by atoms with Crippen LogP contribution in [0, 0.1) is 17.1 Å². The molecule has 0 radical (unpaired) electrons. The molecule has 2 heterocycles. The first-order valence-electron chi connectivity index (χ1n) is 8.96. The molecular weight excluding hydrogens is 343 g/mol. The van der Waals surface area contributed by atoms with Gasteiger partial charge in [0.1, 0.15) is 5.82 Å². The van der Waals surface area contributed by atoms with Crippen LogP contribution in [0.3, 0.4) is 0 Å². The van der Waals surface area contributed by atoms with E-state index in [4.69, 9.17) is 4.42 Å². The Kier molecular flexibility index (Phi) is 4.69. The van der Waals surface area contributed by atoms with Gasteiger partial charge in [-0.05, 0) is 36.6 Å². The van der Waals surface area contributed by atoms with Gasteiger partial charge in [-0.3, -0.25) is 4.90 Å². The molecule has 6 heteroatoms. The van der Waals surface area contributed by atoms with Gasteiger partial charge in [-0.25, -0.2) is 4.39 Å². The van der Waals surface area contributed by atoms with Crippen LogP contribution in [0.1, 0.15) is 24.3 Å². The molecule has 5 nitrogen and oxygen atoms in total. The first-order valence-corrected chi connectivity index (χ1v) is 8.96. The number of rotatable bonds is 4. The van der Waals surface area contributed by atoms with Crippen LogP contribution in [0.15, 0.2) is 59.0 Å². The van der Waals surface area contributed by atoms with Crippen LogP contribution < -0.4 is 0 Å².